The fourth-order valence-electron chi connectivity index (χ4n) is 1.24. The molecule has 0 aliphatic heterocycles. The summed E-state index contributed by atoms with van der Waals surface area (Å²) in [5, 5.41) is 18.9. The molecule has 0 aromatic heterocycles. The number of aliphatic hydroxyl groups excluding tert-OH is 2. The molecule has 0 aliphatic rings. The fourth-order valence-corrected chi connectivity index (χ4v) is 1.89. The molecule has 2 unspecified atom stereocenters. The summed E-state index contributed by atoms with van der Waals surface area (Å²) in [6, 6.07) is 2.83. The molecule has 2 N–H and O–H groups in total. The fraction of sp³-hybridized carbons (Fsp3) is 0.400. The van der Waals surface area contributed by atoms with Crippen LogP contribution in [0.25, 0.3) is 0 Å². The van der Waals surface area contributed by atoms with Crippen molar-refractivity contribution >= 4 is 27.5 Å². The van der Waals surface area contributed by atoms with Crippen molar-refractivity contribution in [3.63, 3.8) is 0 Å². The highest BCUT2D eigenvalue weighted by molar-refractivity contribution is 9.10. The topological polar surface area (TPSA) is 40.5 Å². The first kappa shape index (κ1) is 14.8. The van der Waals surface area contributed by atoms with Gasteiger partial charge in [-0.15, -0.1) is 11.6 Å². The lowest BCUT2D eigenvalue weighted by Gasteiger charge is -2.18. The molecule has 2 atom stereocenters. The molecule has 0 saturated heterocycles. The molecule has 7 heteroatoms. The Balaban J connectivity index is 3.15. The molecule has 0 spiro atoms. The summed E-state index contributed by atoms with van der Waals surface area (Å²) in [6.07, 6.45) is -7.29. The third-order valence-corrected chi connectivity index (χ3v) is 3.20. The molecule has 0 fully saturated rings. The molecule has 0 aliphatic carbocycles. The summed E-state index contributed by atoms with van der Waals surface area (Å²) >= 11 is 8.34. The minimum Gasteiger partial charge on any atom is -0.389 e. The Bertz CT molecular complexity index is 398. The summed E-state index contributed by atoms with van der Waals surface area (Å²) in [5.74, 6) is -0.274. The van der Waals surface area contributed by atoms with Crippen molar-refractivity contribution in [1.82, 2.24) is 0 Å². The van der Waals surface area contributed by atoms with Crippen LogP contribution in [0.3, 0.4) is 0 Å². The largest absolute Gasteiger partial charge is 0.416 e. The number of aliphatic hydroxyl groups is 2. The van der Waals surface area contributed by atoms with Gasteiger partial charge in [-0.3, -0.25) is 0 Å². The van der Waals surface area contributed by atoms with E-state index in [0.29, 0.717) is 0 Å². The van der Waals surface area contributed by atoms with Gasteiger partial charge in [0.15, 0.2) is 0 Å². The second-order valence-electron chi connectivity index (χ2n) is 3.40. The minimum atomic E-state index is -4.50. The van der Waals surface area contributed by atoms with Gasteiger partial charge in [-0.2, -0.15) is 13.2 Å². The molecule has 0 heterocycles. The van der Waals surface area contributed by atoms with E-state index in [4.69, 9.17) is 11.6 Å². The van der Waals surface area contributed by atoms with E-state index in [9.17, 15) is 23.4 Å². The standard InChI is InChI=1S/C10H9BrClF3O2/c11-7-2-1-5(10(13,14)15)3-6(7)9(17)8(16)4-12/h1-3,8-9,16-17H,4H2. The normalized spacial score (nSPS) is 15.7. The third-order valence-electron chi connectivity index (χ3n) is 2.16. The van der Waals surface area contributed by atoms with Gasteiger partial charge in [0.05, 0.1) is 17.5 Å². The highest BCUT2D eigenvalue weighted by Crippen LogP contribution is 2.34. The Labute approximate surface area is 109 Å². The zero-order valence-corrected chi connectivity index (χ0v) is 10.7. The second-order valence-corrected chi connectivity index (χ2v) is 4.56. The molecule has 1 rings (SSSR count). The van der Waals surface area contributed by atoms with Gasteiger partial charge in [-0.1, -0.05) is 15.9 Å². The van der Waals surface area contributed by atoms with Gasteiger partial charge in [0.25, 0.3) is 0 Å². The average Bonchev–Trinajstić information content (AvgIpc) is 2.26. The van der Waals surface area contributed by atoms with Crippen LogP contribution in [-0.2, 0) is 6.18 Å². The molecule has 0 bridgehead atoms. The summed E-state index contributed by atoms with van der Waals surface area (Å²) in [7, 11) is 0. The van der Waals surface area contributed by atoms with Crippen LogP contribution in [0, 0.1) is 0 Å². The van der Waals surface area contributed by atoms with Crippen LogP contribution in [0.4, 0.5) is 13.2 Å². The van der Waals surface area contributed by atoms with Crippen LogP contribution >= 0.6 is 27.5 Å². The van der Waals surface area contributed by atoms with E-state index in [-0.39, 0.29) is 15.9 Å². The maximum atomic E-state index is 12.5. The average molecular weight is 334 g/mol. The Morgan fingerprint density at radius 3 is 2.35 bits per heavy atom. The third kappa shape index (κ3) is 3.58. The molecular formula is C10H9BrClF3O2. The molecule has 1 aromatic rings. The first-order chi connectivity index (χ1) is 7.77. The van der Waals surface area contributed by atoms with E-state index >= 15 is 0 Å². The van der Waals surface area contributed by atoms with Crippen LogP contribution in [0.15, 0.2) is 22.7 Å². The molecule has 2 nitrogen and oxygen atoms in total. The van der Waals surface area contributed by atoms with Crippen molar-refractivity contribution in [3.8, 4) is 0 Å². The van der Waals surface area contributed by atoms with Crippen LogP contribution in [0.5, 0.6) is 0 Å². The Morgan fingerprint density at radius 2 is 1.88 bits per heavy atom. The lowest BCUT2D eigenvalue weighted by atomic mass is 10.0. The van der Waals surface area contributed by atoms with Gasteiger partial charge < -0.3 is 10.2 Å². The maximum Gasteiger partial charge on any atom is 0.416 e. The van der Waals surface area contributed by atoms with Crippen LogP contribution in [0.1, 0.15) is 17.2 Å². The van der Waals surface area contributed by atoms with E-state index in [0.717, 1.165) is 12.1 Å². The van der Waals surface area contributed by atoms with Crippen LogP contribution in [0.2, 0.25) is 0 Å². The maximum absolute atomic E-state index is 12.5. The first-order valence-electron chi connectivity index (χ1n) is 4.56. The number of benzene rings is 1. The number of halogens is 5. The van der Waals surface area contributed by atoms with E-state index in [1.165, 1.54) is 6.07 Å². The van der Waals surface area contributed by atoms with Crippen LogP contribution < -0.4 is 0 Å². The highest BCUT2D eigenvalue weighted by Gasteiger charge is 2.32. The summed E-state index contributed by atoms with van der Waals surface area (Å²) < 4.78 is 37.7. The highest BCUT2D eigenvalue weighted by atomic mass is 79.9. The van der Waals surface area contributed by atoms with Gasteiger partial charge in [-0.05, 0) is 23.8 Å². The SMILES string of the molecule is OC(CCl)C(O)c1cc(C(F)(F)F)ccc1Br. The Morgan fingerprint density at radius 1 is 1.29 bits per heavy atom. The zero-order valence-electron chi connectivity index (χ0n) is 8.38. The number of rotatable bonds is 3. The van der Waals surface area contributed by atoms with E-state index in [2.05, 4.69) is 15.9 Å². The number of alkyl halides is 4. The summed E-state index contributed by atoms with van der Waals surface area (Å²) in [4.78, 5) is 0. The summed E-state index contributed by atoms with van der Waals surface area (Å²) in [5.41, 5.74) is -0.940. The number of hydrogen-bond acceptors (Lipinski definition) is 2. The Kier molecular flexibility index (Phi) is 4.83. The predicted octanol–water partition coefficient (Wildman–Crippen LogP) is 3.10. The minimum absolute atomic E-state index is 0.0482. The lowest BCUT2D eigenvalue weighted by molar-refractivity contribution is -0.137. The van der Waals surface area contributed by atoms with Gasteiger partial charge in [0.2, 0.25) is 0 Å². The molecule has 0 saturated carbocycles. The molecule has 0 amide bonds. The summed E-state index contributed by atoms with van der Waals surface area (Å²) in [6.45, 7) is 0. The smallest absolute Gasteiger partial charge is 0.389 e. The van der Waals surface area contributed by atoms with Gasteiger partial charge in [0, 0.05) is 4.47 Å². The molecular weight excluding hydrogens is 324 g/mol. The van der Waals surface area contributed by atoms with Gasteiger partial charge in [-0.25, -0.2) is 0 Å². The van der Waals surface area contributed by atoms with Gasteiger partial charge >= 0.3 is 6.18 Å². The van der Waals surface area contributed by atoms with E-state index in [1.54, 1.807) is 0 Å². The molecule has 0 radical (unpaired) electrons. The lowest BCUT2D eigenvalue weighted by Crippen LogP contribution is -2.20. The predicted molar refractivity (Wildman–Crippen MR) is 60.8 cm³/mol. The molecule has 96 valence electrons. The Hall–Kier alpha value is -0.300. The van der Waals surface area contributed by atoms with Gasteiger partial charge in [0.1, 0.15) is 6.10 Å². The molecule has 17 heavy (non-hydrogen) atoms. The number of hydrogen-bond donors (Lipinski definition) is 2. The van der Waals surface area contributed by atoms with Crippen LogP contribution in [-0.4, -0.2) is 22.2 Å². The quantitative estimate of drug-likeness (QED) is 0.835. The first-order valence-corrected chi connectivity index (χ1v) is 5.89. The van der Waals surface area contributed by atoms with Crippen molar-refractivity contribution in [2.75, 3.05) is 5.88 Å². The van der Waals surface area contributed by atoms with Crippen molar-refractivity contribution in [3.05, 3.63) is 33.8 Å². The van der Waals surface area contributed by atoms with Crippen molar-refractivity contribution in [2.45, 2.75) is 18.4 Å². The van der Waals surface area contributed by atoms with E-state index in [1.807, 2.05) is 0 Å². The van der Waals surface area contributed by atoms with Crippen molar-refractivity contribution in [1.29, 1.82) is 0 Å². The zero-order chi connectivity index (χ0) is 13.2. The van der Waals surface area contributed by atoms with Crippen molar-refractivity contribution in [2.24, 2.45) is 0 Å². The molecule has 1 aromatic carbocycles. The second kappa shape index (κ2) is 5.56. The van der Waals surface area contributed by atoms with E-state index < -0.39 is 23.9 Å². The monoisotopic (exact) mass is 332 g/mol. The van der Waals surface area contributed by atoms with Crippen molar-refractivity contribution < 1.29 is 23.4 Å².